The van der Waals surface area contributed by atoms with Crippen molar-refractivity contribution < 1.29 is 4.74 Å². The predicted octanol–water partition coefficient (Wildman–Crippen LogP) is 2.09. The molecule has 1 aliphatic rings. The van der Waals surface area contributed by atoms with Gasteiger partial charge >= 0.3 is 0 Å². The molecule has 3 heteroatoms. The monoisotopic (exact) mass is 208 g/mol. The molecule has 2 heterocycles. The molecule has 0 saturated carbocycles. The Morgan fingerprint density at radius 3 is 3.20 bits per heavy atom. The Morgan fingerprint density at radius 2 is 2.53 bits per heavy atom. The number of rotatable bonds is 4. The highest BCUT2D eigenvalue weighted by molar-refractivity contribution is 5.06. The fourth-order valence-corrected chi connectivity index (χ4v) is 2.03. The molecule has 0 amide bonds. The molecule has 1 aromatic rings. The number of aromatic amines is 1. The van der Waals surface area contributed by atoms with E-state index in [1.165, 1.54) is 25.1 Å². The van der Waals surface area contributed by atoms with E-state index in [1.54, 1.807) is 0 Å². The molecule has 0 aromatic carbocycles. The first-order valence-electron chi connectivity index (χ1n) is 5.82. The first-order valence-corrected chi connectivity index (χ1v) is 5.82. The van der Waals surface area contributed by atoms with Gasteiger partial charge in [-0.3, -0.25) is 0 Å². The van der Waals surface area contributed by atoms with Crippen LogP contribution in [0.5, 0.6) is 0 Å². The summed E-state index contributed by atoms with van der Waals surface area (Å²) in [6, 6.07) is 4.08. The van der Waals surface area contributed by atoms with Crippen LogP contribution in [-0.4, -0.2) is 24.7 Å². The topological polar surface area (TPSA) is 37.0 Å². The van der Waals surface area contributed by atoms with Gasteiger partial charge in [0.1, 0.15) is 0 Å². The molecule has 1 saturated heterocycles. The Balaban J connectivity index is 1.73. The molecule has 3 nitrogen and oxygen atoms in total. The Morgan fingerprint density at radius 1 is 1.60 bits per heavy atom. The molecule has 2 rings (SSSR count). The minimum absolute atomic E-state index is 0.182. The van der Waals surface area contributed by atoms with E-state index in [0.29, 0.717) is 5.92 Å². The summed E-state index contributed by atoms with van der Waals surface area (Å²) in [6.07, 6.45) is 4.70. The maximum Gasteiger partial charge on any atom is 0.0944 e. The molecular weight excluding hydrogens is 188 g/mol. The number of ether oxygens (including phenoxy) is 1. The molecule has 1 fully saturated rings. The van der Waals surface area contributed by atoms with Gasteiger partial charge in [0, 0.05) is 18.4 Å². The van der Waals surface area contributed by atoms with E-state index in [4.69, 9.17) is 4.74 Å². The molecule has 0 unspecified atom stereocenters. The zero-order valence-corrected chi connectivity index (χ0v) is 9.33. The number of hydrogen-bond acceptors (Lipinski definition) is 2. The van der Waals surface area contributed by atoms with Gasteiger partial charge in [-0.15, -0.1) is 0 Å². The first-order chi connectivity index (χ1) is 7.36. The van der Waals surface area contributed by atoms with Gasteiger partial charge in [-0.2, -0.15) is 0 Å². The van der Waals surface area contributed by atoms with Crippen molar-refractivity contribution in [2.75, 3.05) is 19.7 Å². The van der Waals surface area contributed by atoms with Crippen molar-refractivity contribution >= 4 is 0 Å². The summed E-state index contributed by atoms with van der Waals surface area (Å²) in [7, 11) is 0. The van der Waals surface area contributed by atoms with Gasteiger partial charge < -0.3 is 15.0 Å². The van der Waals surface area contributed by atoms with Gasteiger partial charge in [-0.25, -0.2) is 0 Å². The van der Waals surface area contributed by atoms with Crippen LogP contribution < -0.4 is 5.32 Å². The quantitative estimate of drug-likeness (QED) is 0.795. The molecule has 0 bridgehead atoms. The average Bonchev–Trinajstić information content (AvgIpc) is 2.81. The fraction of sp³-hybridized carbons (Fsp3) is 0.667. The minimum atomic E-state index is 0.182. The SMILES string of the molecule is C[C@@H](OC[C@H]1CCCNC1)c1ccc[nH]1. The number of aromatic nitrogens is 1. The van der Waals surface area contributed by atoms with Gasteiger partial charge in [0.25, 0.3) is 0 Å². The summed E-state index contributed by atoms with van der Waals surface area (Å²) in [6.45, 7) is 5.25. The van der Waals surface area contributed by atoms with Crippen molar-refractivity contribution in [2.24, 2.45) is 5.92 Å². The van der Waals surface area contributed by atoms with E-state index in [0.717, 1.165) is 13.2 Å². The Bertz CT molecular complexity index is 265. The van der Waals surface area contributed by atoms with E-state index in [1.807, 2.05) is 12.3 Å². The third-order valence-electron chi connectivity index (χ3n) is 3.04. The first kappa shape index (κ1) is 10.7. The normalized spacial score (nSPS) is 23.9. The molecule has 0 aliphatic carbocycles. The summed E-state index contributed by atoms with van der Waals surface area (Å²) in [4.78, 5) is 3.18. The lowest BCUT2D eigenvalue weighted by Gasteiger charge is -2.24. The van der Waals surface area contributed by atoms with Crippen molar-refractivity contribution in [3.05, 3.63) is 24.0 Å². The van der Waals surface area contributed by atoms with Crippen LogP contribution in [0, 0.1) is 5.92 Å². The van der Waals surface area contributed by atoms with Crippen LogP contribution in [-0.2, 0) is 4.74 Å². The van der Waals surface area contributed by atoms with Gasteiger partial charge in [-0.1, -0.05) is 0 Å². The Hall–Kier alpha value is -0.800. The van der Waals surface area contributed by atoms with Crippen LogP contribution in [0.2, 0.25) is 0 Å². The molecule has 1 aromatic heterocycles. The molecule has 84 valence electrons. The van der Waals surface area contributed by atoms with E-state index >= 15 is 0 Å². The number of nitrogens with one attached hydrogen (secondary N) is 2. The largest absolute Gasteiger partial charge is 0.372 e. The third kappa shape index (κ3) is 3.08. The van der Waals surface area contributed by atoms with Crippen LogP contribution in [0.1, 0.15) is 31.6 Å². The zero-order valence-electron chi connectivity index (χ0n) is 9.33. The number of H-pyrrole nitrogens is 1. The van der Waals surface area contributed by atoms with Gasteiger partial charge in [-0.05, 0) is 44.4 Å². The van der Waals surface area contributed by atoms with Crippen LogP contribution >= 0.6 is 0 Å². The number of hydrogen-bond donors (Lipinski definition) is 2. The molecule has 0 radical (unpaired) electrons. The van der Waals surface area contributed by atoms with Gasteiger partial charge in [0.05, 0.1) is 12.7 Å². The van der Waals surface area contributed by atoms with E-state index in [2.05, 4.69) is 23.3 Å². The van der Waals surface area contributed by atoms with E-state index in [9.17, 15) is 0 Å². The third-order valence-corrected chi connectivity index (χ3v) is 3.04. The van der Waals surface area contributed by atoms with Crippen LogP contribution in [0.3, 0.4) is 0 Å². The lowest BCUT2D eigenvalue weighted by molar-refractivity contribution is 0.0315. The molecule has 2 atom stereocenters. The standard InChI is InChI=1S/C12H20N2O/c1-10(12-5-3-7-14-12)15-9-11-4-2-6-13-8-11/h3,5,7,10-11,13-14H,2,4,6,8-9H2,1H3/t10-,11+/m1/s1. The second-order valence-electron chi connectivity index (χ2n) is 4.31. The molecular formula is C12H20N2O. The lowest BCUT2D eigenvalue weighted by atomic mass is 10.0. The second-order valence-corrected chi connectivity index (χ2v) is 4.31. The zero-order chi connectivity index (χ0) is 10.5. The van der Waals surface area contributed by atoms with Crippen molar-refractivity contribution in [2.45, 2.75) is 25.9 Å². The minimum Gasteiger partial charge on any atom is -0.372 e. The lowest BCUT2D eigenvalue weighted by Crippen LogP contribution is -2.32. The van der Waals surface area contributed by atoms with Gasteiger partial charge in [0.2, 0.25) is 0 Å². The highest BCUT2D eigenvalue weighted by atomic mass is 16.5. The van der Waals surface area contributed by atoms with E-state index < -0.39 is 0 Å². The Kier molecular flexibility index (Phi) is 3.80. The maximum atomic E-state index is 5.85. The molecule has 15 heavy (non-hydrogen) atoms. The molecule has 1 aliphatic heterocycles. The fourth-order valence-electron chi connectivity index (χ4n) is 2.03. The summed E-state index contributed by atoms with van der Waals surface area (Å²) < 4.78 is 5.85. The van der Waals surface area contributed by atoms with Crippen LogP contribution in [0.25, 0.3) is 0 Å². The van der Waals surface area contributed by atoms with E-state index in [-0.39, 0.29) is 6.10 Å². The predicted molar refractivity (Wildman–Crippen MR) is 60.8 cm³/mol. The molecule has 2 N–H and O–H groups in total. The molecule has 0 spiro atoms. The van der Waals surface area contributed by atoms with Gasteiger partial charge in [0.15, 0.2) is 0 Å². The Labute approximate surface area is 91.2 Å². The smallest absolute Gasteiger partial charge is 0.0944 e. The van der Waals surface area contributed by atoms with Crippen molar-refractivity contribution in [3.63, 3.8) is 0 Å². The highest BCUT2D eigenvalue weighted by Gasteiger charge is 2.15. The van der Waals surface area contributed by atoms with Crippen LogP contribution in [0.15, 0.2) is 18.3 Å². The second kappa shape index (κ2) is 5.33. The number of piperidine rings is 1. The maximum absolute atomic E-state index is 5.85. The summed E-state index contributed by atoms with van der Waals surface area (Å²) in [5, 5.41) is 3.41. The highest BCUT2D eigenvalue weighted by Crippen LogP contribution is 2.17. The summed E-state index contributed by atoms with van der Waals surface area (Å²) in [5.41, 5.74) is 1.17. The average molecular weight is 208 g/mol. The summed E-state index contributed by atoms with van der Waals surface area (Å²) in [5.74, 6) is 0.691. The van der Waals surface area contributed by atoms with Crippen molar-refractivity contribution in [1.82, 2.24) is 10.3 Å². The van der Waals surface area contributed by atoms with Crippen LogP contribution in [0.4, 0.5) is 0 Å². The van der Waals surface area contributed by atoms with Crippen molar-refractivity contribution in [1.29, 1.82) is 0 Å². The van der Waals surface area contributed by atoms with Crippen molar-refractivity contribution in [3.8, 4) is 0 Å². The summed E-state index contributed by atoms with van der Waals surface area (Å²) >= 11 is 0.